The molecule has 144 valence electrons. The van der Waals surface area contributed by atoms with Gasteiger partial charge in [-0.15, -0.1) is 24.0 Å². The van der Waals surface area contributed by atoms with Crippen LogP contribution in [0.4, 0.5) is 5.13 Å². The van der Waals surface area contributed by atoms with Gasteiger partial charge in [-0.05, 0) is 6.92 Å². The van der Waals surface area contributed by atoms with Crippen LogP contribution in [-0.4, -0.2) is 79.9 Å². The van der Waals surface area contributed by atoms with Crippen molar-refractivity contribution < 1.29 is 8.42 Å². The molecular weight excluding hydrogens is 475 g/mol. The van der Waals surface area contributed by atoms with Gasteiger partial charge in [-0.25, -0.2) is 13.4 Å². The highest BCUT2D eigenvalue weighted by Crippen LogP contribution is 2.19. The molecule has 1 fully saturated rings. The first-order valence-corrected chi connectivity index (χ1v) is 11.0. The molecule has 0 aliphatic carbocycles. The van der Waals surface area contributed by atoms with Crippen LogP contribution in [0.5, 0.6) is 0 Å². The second-order valence-electron chi connectivity index (χ2n) is 5.69. The van der Waals surface area contributed by atoms with Crippen LogP contribution in [0.3, 0.4) is 0 Å². The zero-order valence-corrected chi connectivity index (χ0v) is 18.9. The number of piperazine rings is 1. The van der Waals surface area contributed by atoms with Crippen LogP contribution in [0.2, 0.25) is 0 Å². The van der Waals surface area contributed by atoms with Crippen molar-refractivity contribution in [2.24, 2.45) is 4.99 Å². The molecule has 0 amide bonds. The van der Waals surface area contributed by atoms with E-state index in [1.54, 1.807) is 0 Å². The lowest BCUT2D eigenvalue weighted by Gasteiger charge is -2.36. The fourth-order valence-corrected chi connectivity index (χ4v) is 3.59. The molecule has 0 radical (unpaired) electrons. The predicted octanol–water partition coefficient (Wildman–Crippen LogP) is 0.851. The van der Waals surface area contributed by atoms with Gasteiger partial charge < -0.3 is 15.1 Å². The fourth-order valence-electron chi connectivity index (χ4n) is 2.37. The molecule has 11 heteroatoms. The number of aryl methyl sites for hydroxylation is 1. The molecule has 0 unspecified atom stereocenters. The Kier molecular flexibility index (Phi) is 9.35. The van der Waals surface area contributed by atoms with Crippen LogP contribution < -0.4 is 10.2 Å². The standard InChI is InChI=1S/C14H26N6O2S2.HI/c1-4-12-17-14(23-18-12)20-9-7-19(8-10-20)13(15-5-2)16-6-11-24(3,21)22;/h4-11H2,1-3H3,(H,15,16);1H. The van der Waals surface area contributed by atoms with Crippen molar-refractivity contribution in [2.45, 2.75) is 20.3 Å². The summed E-state index contributed by atoms with van der Waals surface area (Å²) >= 11 is 1.45. The van der Waals surface area contributed by atoms with Crippen molar-refractivity contribution in [1.82, 2.24) is 19.6 Å². The summed E-state index contributed by atoms with van der Waals surface area (Å²) in [6.45, 7) is 8.47. The average molecular weight is 502 g/mol. The molecule has 0 atom stereocenters. The Labute approximate surface area is 171 Å². The Bertz CT molecular complexity index is 656. The highest BCUT2D eigenvalue weighted by atomic mass is 127. The first kappa shape index (κ1) is 22.4. The largest absolute Gasteiger partial charge is 0.357 e. The maximum atomic E-state index is 11.3. The highest BCUT2D eigenvalue weighted by Gasteiger charge is 2.22. The second kappa shape index (κ2) is 10.5. The number of guanidine groups is 1. The molecule has 1 aliphatic heterocycles. The lowest BCUT2D eigenvalue weighted by Crippen LogP contribution is -2.52. The highest BCUT2D eigenvalue weighted by molar-refractivity contribution is 14.0. The molecule has 1 aromatic heterocycles. The number of anilines is 1. The molecule has 8 nitrogen and oxygen atoms in total. The van der Waals surface area contributed by atoms with E-state index < -0.39 is 9.84 Å². The predicted molar refractivity (Wildman–Crippen MR) is 114 cm³/mol. The number of aliphatic imine (C=N–C) groups is 1. The Hall–Kier alpha value is -0.690. The number of halogens is 1. The number of hydrogen-bond acceptors (Lipinski definition) is 7. The lowest BCUT2D eigenvalue weighted by atomic mass is 10.3. The summed E-state index contributed by atoms with van der Waals surface area (Å²) in [5, 5.41) is 4.22. The van der Waals surface area contributed by atoms with E-state index in [9.17, 15) is 8.42 Å². The van der Waals surface area contributed by atoms with Gasteiger partial charge in [-0.3, -0.25) is 4.99 Å². The smallest absolute Gasteiger partial charge is 0.205 e. The van der Waals surface area contributed by atoms with Crippen LogP contribution in [0.15, 0.2) is 4.99 Å². The van der Waals surface area contributed by atoms with Gasteiger partial charge in [0.2, 0.25) is 5.13 Å². The molecule has 2 heterocycles. The van der Waals surface area contributed by atoms with E-state index in [4.69, 9.17) is 0 Å². The second-order valence-corrected chi connectivity index (χ2v) is 8.68. The third kappa shape index (κ3) is 7.21. The summed E-state index contributed by atoms with van der Waals surface area (Å²) in [5.74, 6) is 1.76. The van der Waals surface area contributed by atoms with Crippen molar-refractivity contribution in [3.05, 3.63) is 5.82 Å². The summed E-state index contributed by atoms with van der Waals surface area (Å²) < 4.78 is 26.8. The molecule has 0 saturated carbocycles. The summed E-state index contributed by atoms with van der Waals surface area (Å²) in [4.78, 5) is 13.4. The van der Waals surface area contributed by atoms with Crippen LogP contribution in [0.1, 0.15) is 19.7 Å². The first-order chi connectivity index (χ1) is 11.4. The zero-order valence-electron chi connectivity index (χ0n) is 14.9. The van der Waals surface area contributed by atoms with Gasteiger partial charge in [0.05, 0.1) is 12.3 Å². The van der Waals surface area contributed by atoms with E-state index in [0.717, 1.165) is 56.1 Å². The Morgan fingerprint density at radius 1 is 1.28 bits per heavy atom. The summed E-state index contributed by atoms with van der Waals surface area (Å²) in [6, 6.07) is 0. The van der Waals surface area contributed by atoms with Crippen molar-refractivity contribution in [1.29, 1.82) is 0 Å². The van der Waals surface area contributed by atoms with E-state index in [-0.39, 0.29) is 36.3 Å². The minimum Gasteiger partial charge on any atom is -0.357 e. The molecule has 1 N–H and O–H groups in total. The monoisotopic (exact) mass is 502 g/mol. The molecular formula is C14H27IN6O2S2. The Balaban J connectivity index is 0.00000312. The van der Waals surface area contributed by atoms with Crippen LogP contribution in [-0.2, 0) is 16.3 Å². The van der Waals surface area contributed by atoms with Gasteiger partial charge in [-0.2, -0.15) is 4.37 Å². The number of aromatic nitrogens is 2. The van der Waals surface area contributed by atoms with Gasteiger partial charge in [0, 0.05) is 56.9 Å². The molecule has 2 rings (SSSR count). The number of nitrogens with zero attached hydrogens (tertiary/aromatic N) is 5. The van der Waals surface area contributed by atoms with Crippen LogP contribution >= 0.6 is 35.5 Å². The zero-order chi connectivity index (χ0) is 17.6. The van der Waals surface area contributed by atoms with E-state index in [0.29, 0.717) is 0 Å². The number of nitrogens with one attached hydrogen (secondary N) is 1. The van der Waals surface area contributed by atoms with E-state index in [2.05, 4.69) is 36.4 Å². The molecule has 1 saturated heterocycles. The normalized spacial score (nSPS) is 15.9. The van der Waals surface area contributed by atoms with Crippen LogP contribution in [0.25, 0.3) is 0 Å². The van der Waals surface area contributed by atoms with Crippen molar-refractivity contribution >= 4 is 56.4 Å². The summed E-state index contributed by atoms with van der Waals surface area (Å²) in [6.07, 6.45) is 2.09. The quantitative estimate of drug-likeness (QED) is 0.351. The van der Waals surface area contributed by atoms with Crippen molar-refractivity contribution in [3.63, 3.8) is 0 Å². The third-order valence-corrected chi connectivity index (χ3v) is 5.42. The maximum absolute atomic E-state index is 11.3. The number of hydrogen-bond donors (Lipinski definition) is 1. The summed E-state index contributed by atoms with van der Waals surface area (Å²) in [7, 11) is -2.99. The first-order valence-electron chi connectivity index (χ1n) is 8.21. The topological polar surface area (TPSA) is 90.8 Å². The fraction of sp³-hybridized carbons (Fsp3) is 0.786. The van der Waals surface area contributed by atoms with E-state index in [1.807, 2.05) is 6.92 Å². The molecule has 0 aromatic carbocycles. The molecule has 25 heavy (non-hydrogen) atoms. The Morgan fingerprint density at radius 3 is 2.48 bits per heavy atom. The minimum absolute atomic E-state index is 0. The summed E-state index contributed by atoms with van der Waals surface area (Å²) in [5.41, 5.74) is 0. The minimum atomic E-state index is -2.99. The van der Waals surface area contributed by atoms with Gasteiger partial charge >= 0.3 is 0 Å². The number of rotatable bonds is 6. The van der Waals surface area contributed by atoms with Crippen molar-refractivity contribution in [2.75, 3.05) is 56.2 Å². The van der Waals surface area contributed by atoms with E-state index >= 15 is 0 Å². The lowest BCUT2D eigenvalue weighted by molar-refractivity contribution is 0.372. The molecule has 0 bridgehead atoms. The Morgan fingerprint density at radius 2 is 1.96 bits per heavy atom. The SMILES string of the molecule is CCNC(=NCCS(C)(=O)=O)N1CCN(c2nc(CC)ns2)CC1.I. The maximum Gasteiger partial charge on any atom is 0.205 e. The average Bonchev–Trinajstić information content (AvgIpc) is 3.02. The van der Waals surface area contributed by atoms with Gasteiger partial charge in [0.1, 0.15) is 15.7 Å². The third-order valence-electron chi connectivity index (χ3n) is 3.68. The van der Waals surface area contributed by atoms with Crippen molar-refractivity contribution in [3.8, 4) is 0 Å². The van der Waals surface area contributed by atoms with Gasteiger partial charge in [0.15, 0.2) is 5.96 Å². The molecule has 1 aromatic rings. The molecule has 1 aliphatic rings. The van der Waals surface area contributed by atoms with E-state index in [1.165, 1.54) is 17.8 Å². The van der Waals surface area contributed by atoms with Gasteiger partial charge in [-0.1, -0.05) is 6.92 Å². The van der Waals surface area contributed by atoms with Gasteiger partial charge in [0.25, 0.3) is 0 Å². The van der Waals surface area contributed by atoms with Crippen LogP contribution in [0, 0.1) is 0 Å². The number of sulfone groups is 1. The molecule has 0 spiro atoms.